The minimum Gasteiger partial charge on any atom is -0.346 e. The van der Waals surface area contributed by atoms with Gasteiger partial charge < -0.3 is 5.32 Å². The monoisotopic (exact) mass is 447 g/mol. The van der Waals surface area contributed by atoms with Crippen molar-refractivity contribution >= 4 is 34.7 Å². The summed E-state index contributed by atoms with van der Waals surface area (Å²) in [4.78, 5) is 44.5. The quantitative estimate of drug-likeness (QED) is 0.584. The van der Waals surface area contributed by atoms with Gasteiger partial charge in [0.2, 0.25) is 0 Å². The molecule has 2 aromatic carbocycles. The Balaban J connectivity index is 1.54. The number of imide groups is 1. The molecular formula is C25H25N3O3S. The first-order valence-corrected chi connectivity index (χ1v) is 11.3. The van der Waals surface area contributed by atoms with E-state index in [2.05, 4.69) is 31.1 Å². The lowest BCUT2D eigenvalue weighted by atomic mass is 9.98. The first-order chi connectivity index (χ1) is 15.1. The summed E-state index contributed by atoms with van der Waals surface area (Å²) in [5, 5.41) is 5.80. The zero-order valence-electron chi connectivity index (χ0n) is 18.8. The zero-order chi connectivity index (χ0) is 23.2. The van der Waals surface area contributed by atoms with Crippen molar-refractivity contribution in [2.75, 3.05) is 4.90 Å². The van der Waals surface area contributed by atoms with Crippen LogP contribution in [-0.2, 0) is 12.0 Å². The van der Waals surface area contributed by atoms with Gasteiger partial charge >= 0.3 is 0 Å². The van der Waals surface area contributed by atoms with Gasteiger partial charge in [-0.1, -0.05) is 32.9 Å². The SMILES string of the molecule is Cc1ccc(C)c(N2C(=O)c3ccc(C(=O)NCc4csc(C(C)(C)C)n4)cc3C2=O)c1. The van der Waals surface area contributed by atoms with Gasteiger partial charge in [0.05, 0.1) is 34.1 Å². The number of thiazole rings is 1. The minimum absolute atomic E-state index is 0.0403. The van der Waals surface area contributed by atoms with Gasteiger partial charge in [0.25, 0.3) is 17.7 Å². The molecule has 164 valence electrons. The summed E-state index contributed by atoms with van der Waals surface area (Å²) in [5.74, 6) is -1.10. The second-order valence-corrected chi connectivity index (χ2v) is 9.93. The standard InChI is InChI=1S/C25H25N3O3S/c1-14-6-7-15(2)20(10-14)28-22(30)18-9-8-16(11-19(18)23(28)31)21(29)26-12-17-13-32-24(27-17)25(3,4)5/h6-11,13H,12H2,1-5H3,(H,26,29). The number of aromatic nitrogens is 1. The Labute approximate surface area is 191 Å². The lowest BCUT2D eigenvalue weighted by Gasteiger charge is -2.17. The summed E-state index contributed by atoms with van der Waals surface area (Å²) >= 11 is 1.57. The predicted octanol–water partition coefficient (Wildman–Crippen LogP) is 4.79. The maximum atomic E-state index is 13.1. The molecule has 1 aliphatic rings. The van der Waals surface area contributed by atoms with Crippen LogP contribution in [0.5, 0.6) is 0 Å². The van der Waals surface area contributed by atoms with E-state index < -0.39 is 5.91 Å². The molecule has 3 amide bonds. The van der Waals surface area contributed by atoms with E-state index in [1.807, 2.05) is 37.4 Å². The van der Waals surface area contributed by atoms with Crippen LogP contribution >= 0.6 is 11.3 Å². The molecule has 0 aliphatic carbocycles. The first kappa shape index (κ1) is 21.9. The Kier molecular flexibility index (Phi) is 5.46. The Bertz CT molecular complexity index is 1250. The highest BCUT2D eigenvalue weighted by atomic mass is 32.1. The van der Waals surface area contributed by atoms with Crippen LogP contribution < -0.4 is 10.2 Å². The number of carbonyl (C=O) groups excluding carboxylic acids is 3. The summed E-state index contributed by atoms with van der Waals surface area (Å²) in [5.41, 5.74) is 4.00. The topological polar surface area (TPSA) is 79.4 Å². The van der Waals surface area contributed by atoms with Crippen molar-refractivity contribution in [2.45, 2.75) is 46.6 Å². The van der Waals surface area contributed by atoms with Gasteiger partial charge in [-0.05, 0) is 49.2 Å². The summed E-state index contributed by atoms with van der Waals surface area (Å²) in [6.07, 6.45) is 0. The zero-order valence-corrected chi connectivity index (χ0v) is 19.6. The van der Waals surface area contributed by atoms with Crippen LogP contribution in [0.15, 0.2) is 41.8 Å². The smallest absolute Gasteiger partial charge is 0.266 e. The van der Waals surface area contributed by atoms with E-state index in [1.165, 1.54) is 11.0 Å². The molecule has 0 radical (unpaired) electrons. The number of nitrogens with zero attached hydrogens (tertiary/aromatic N) is 2. The second-order valence-electron chi connectivity index (χ2n) is 9.07. The Morgan fingerprint density at radius 3 is 2.44 bits per heavy atom. The molecule has 0 bridgehead atoms. The predicted molar refractivity (Wildman–Crippen MR) is 125 cm³/mol. The molecule has 32 heavy (non-hydrogen) atoms. The highest BCUT2D eigenvalue weighted by Crippen LogP contribution is 2.32. The number of aryl methyl sites for hydroxylation is 2. The molecule has 0 spiro atoms. The van der Waals surface area contributed by atoms with Crippen molar-refractivity contribution in [3.8, 4) is 0 Å². The lowest BCUT2D eigenvalue weighted by molar-refractivity contribution is 0.0923. The van der Waals surface area contributed by atoms with Crippen molar-refractivity contribution in [3.63, 3.8) is 0 Å². The molecule has 1 aliphatic heterocycles. The highest BCUT2D eigenvalue weighted by molar-refractivity contribution is 7.09. The van der Waals surface area contributed by atoms with Gasteiger partial charge in [0, 0.05) is 16.4 Å². The molecule has 3 aromatic rings. The molecule has 2 heterocycles. The first-order valence-electron chi connectivity index (χ1n) is 10.4. The lowest BCUT2D eigenvalue weighted by Crippen LogP contribution is -2.30. The number of carbonyl (C=O) groups is 3. The van der Waals surface area contributed by atoms with Gasteiger partial charge in [-0.3, -0.25) is 14.4 Å². The van der Waals surface area contributed by atoms with Gasteiger partial charge in [0.1, 0.15) is 0 Å². The van der Waals surface area contributed by atoms with E-state index in [9.17, 15) is 14.4 Å². The molecular weight excluding hydrogens is 422 g/mol. The average Bonchev–Trinajstić information content (AvgIpc) is 3.32. The molecule has 1 aromatic heterocycles. The second kappa shape index (κ2) is 7.98. The average molecular weight is 448 g/mol. The van der Waals surface area contributed by atoms with Crippen LogP contribution in [0.1, 0.15) is 73.7 Å². The summed E-state index contributed by atoms with van der Waals surface area (Å²) in [7, 11) is 0. The van der Waals surface area contributed by atoms with Crippen molar-refractivity contribution < 1.29 is 14.4 Å². The van der Waals surface area contributed by atoms with Gasteiger partial charge in [-0.25, -0.2) is 9.88 Å². The molecule has 4 rings (SSSR count). The maximum absolute atomic E-state index is 13.1. The number of rotatable bonds is 4. The van der Waals surface area contributed by atoms with Crippen molar-refractivity contribution in [2.24, 2.45) is 0 Å². The summed E-state index contributed by atoms with van der Waals surface area (Å²) in [6, 6.07) is 10.3. The number of amides is 3. The van der Waals surface area contributed by atoms with Crippen molar-refractivity contribution in [1.82, 2.24) is 10.3 Å². The van der Waals surface area contributed by atoms with E-state index in [0.29, 0.717) is 23.4 Å². The third-order valence-electron chi connectivity index (χ3n) is 5.38. The maximum Gasteiger partial charge on any atom is 0.266 e. The normalized spacial score (nSPS) is 13.5. The number of hydrogen-bond acceptors (Lipinski definition) is 5. The number of nitrogens with one attached hydrogen (secondary N) is 1. The van der Waals surface area contributed by atoms with Crippen LogP contribution in [0.4, 0.5) is 5.69 Å². The minimum atomic E-state index is -0.414. The Morgan fingerprint density at radius 2 is 1.75 bits per heavy atom. The molecule has 0 saturated carbocycles. The number of hydrogen-bond donors (Lipinski definition) is 1. The van der Waals surface area contributed by atoms with E-state index in [-0.39, 0.29) is 22.8 Å². The molecule has 0 atom stereocenters. The highest BCUT2D eigenvalue weighted by Gasteiger charge is 2.37. The number of fused-ring (bicyclic) bond motifs is 1. The van der Waals surface area contributed by atoms with Crippen LogP contribution in [0.25, 0.3) is 0 Å². The fourth-order valence-electron chi connectivity index (χ4n) is 3.57. The largest absolute Gasteiger partial charge is 0.346 e. The molecule has 7 heteroatoms. The van der Waals surface area contributed by atoms with Gasteiger partial charge in [0.15, 0.2) is 0 Å². The Hall–Kier alpha value is -3.32. The van der Waals surface area contributed by atoms with Crippen molar-refractivity contribution in [3.05, 3.63) is 80.3 Å². The summed E-state index contributed by atoms with van der Waals surface area (Å²) in [6.45, 7) is 10.4. The fourth-order valence-corrected chi connectivity index (χ4v) is 4.47. The van der Waals surface area contributed by atoms with E-state index in [4.69, 9.17) is 0 Å². The molecule has 0 fully saturated rings. The molecule has 1 N–H and O–H groups in total. The molecule has 0 saturated heterocycles. The van der Waals surface area contributed by atoms with E-state index in [1.54, 1.807) is 23.5 Å². The molecule has 6 nitrogen and oxygen atoms in total. The fraction of sp³-hybridized carbons (Fsp3) is 0.280. The third-order valence-corrected chi connectivity index (χ3v) is 6.69. The van der Waals surface area contributed by atoms with E-state index >= 15 is 0 Å². The van der Waals surface area contributed by atoms with Crippen LogP contribution in [0.3, 0.4) is 0 Å². The Morgan fingerprint density at radius 1 is 1.03 bits per heavy atom. The van der Waals surface area contributed by atoms with Gasteiger partial charge in [-0.2, -0.15) is 0 Å². The third kappa shape index (κ3) is 3.96. The van der Waals surface area contributed by atoms with E-state index in [0.717, 1.165) is 21.8 Å². The van der Waals surface area contributed by atoms with Crippen LogP contribution in [-0.4, -0.2) is 22.7 Å². The summed E-state index contributed by atoms with van der Waals surface area (Å²) < 4.78 is 0. The van der Waals surface area contributed by atoms with Crippen LogP contribution in [0, 0.1) is 13.8 Å². The number of anilines is 1. The van der Waals surface area contributed by atoms with Crippen molar-refractivity contribution in [1.29, 1.82) is 0 Å². The van der Waals surface area contributed by atoms with Crippen LogP contribution in [0.2, 0.25) is 0 Å². The van der Waals surface area contributed by atoms with Gasteiger partial charge in [-0.15, -0.1) is 11.3 Å². The molecule has 0 unspecified atom stereocenters. The number of benzene rings is 2.